The molecule has 0 radical (unpaired) electrons. The summed E-state index contributed by atoms with van der Waals surface area (Å²) in [5.74, 6) is -0.395. The molecule has 2 amide bonds. The molecule has 4 rings (SSSR count). The van der Waals surface area contributed by atoms with Gasteiger partial charge in [-0.15, -0.1) is 0 Å². The molecule has 3 aromatic rings. The average Bonchev–Trinajstić information content (AvgIpc) is 2.89. The normalized spacial score (nSPS) is 17.4. The highest BCUT2D eigenvalue weighted by atomic mass is 35.5. The number of methoxy groups -OCH3 is 2. The Bertz CT molecular complexity index is 1290. The van der Waals surface area contributed by atoms with Gasteiger partial charge in [-0.2, -0.15) is 0 Å². The van der Waals surface area contributed by atoms with Crippen LogP contribution in [-0.4, -0.2) is 50.1 Å². The van der Waals surface area contributed by atoms with Crippen LogP contribution in [0.3, 0.4) is 0 Å². The monoisotopic (exact) mass is 530 g/mol. The van der Waals surface area contributed by atoms with E-state index < -0.39 is 5.82 Å². The number of carbonyl (C=O) groups is 2. The number of rotatable bonds is 6. The number of nitrogens with zero attached hydrogens (tertiary/aromatic N) is 1. The van der Waals surface area contributed by atoms with Crippen molar-refractivity contribution in [2.45, 2.75) is 18.4 Å². The van der Waals surface area contributed by atoms with Crippen molar-refractivity contribution in [3.05, 3.63) is 93.2 Å². The molecule has 1 aliphatic heterocycles. The predicted molar refractivity (Wildman–Crippen MR) is 137 cm³/mol. The molecule has 0 spiro atoms. The van der Waals surface area contributed by atoms with E-state index in [4.69, 9.17) is 32.7 Å². The van der Waals surface area contributed by atoms with Crippen molar-refractivity contribution in [1.82, 2.24) is 10.2 Å². The minimum atomic E-state index is -0.536. The lowest BCUT2D eigenvalue weighted by Gasteiger charge is -2.39. The lowest BCUT2D eigenvalue weighted by Crippen LogP contribution is -2.51. The number of amides is 2. The Hall–Kier alpha value is -3.29. The number of carbonyl (C=O) groups excluding carboxylic acids is 2. The molecule has 6 nitrogen and oxygen atoms in total. The summed E-state index contributed by atoms with van der Waals surface area (Å²) in [5, 5.41) is 3.38. The molecule has 2 atom stereocenters. The highest BCUT2D eigenvalue weighted by Crippen LogP contribution is 2.33. The van der Waals surface area contributed by atoms with E-state index in [1.54, 1.807) is 59.5 Å². The topological polar surface area (TPSA) is 67.9 Å². The van der Waals surface area contributed by atoms with Gasteiger partial charge in [0, 0.05) is 30.6 Å². The Morgan fingerprint density at radius 3 is 2.42 bits per heavy atom. The van der Waals surface area contributed by atoms with E-state index in [2.05, 4.69) is 5.32 Å². The van der Waals surface area contributed by atoms with Crippen LogP contribution in [-0.2, 0) is 0 Å². The maximum Gasteiger partial charge on any atom is 0.254 e. The van der Waals surface area contributed by atoms with E-state index in [0.717, 1.165) is 5.56 Å². The zero-order valence-corrected chi connectivity index (χ0v) is 21.3. The maximum atomic E-state index is 13.9. The molecule has 1 aliphatic rings. The van der Waals surface area contributed by atoms with Crippen LogP contribution in [0.25, 0.3) is 0 Å². The first-order valence-electron chi connectivity index (χ1n) is 11.3. The average molecular weight is 531 g/mol. The summed E-state index contributed by atoms with van der Waals surface area (Å²) in [6.07, 6.45) is 0.481. The Morgan fingerprint density at radius 2 is 1.72 bits per heavy atom. The van der Waals surface area contributed by atoms with Gasteiger partial charge in [-0.3, -0.25) is 9.59 Å². The lowest BCUT2D eigenvalue weighted by atomic mass is 9.85. The van der Waals surface area contributed by atoms with Crippen LogP contribution in [0.5, 0.6) is 11.5 Å². The first-order chi connectivity index (χ1) is 17.3. The summed E-state index contributed by atoms with van der Waals surface area (Å²) in [7, 11) is 3.03. The van der Waals surface area contributed by atoms with Gasteiger partial charge < -0.3 is 19.7 Å². The lowest BCUT2D eigenvalue weighted by molar-refractivity contribution is 0.0671. The third-order valence-electron chi connectivity index (χ3n) is 6.34. The van der Waals surface area contributed by atoms with Crippen LogP contribution < -0.4 is 14.8 Å². The molecule has 188 valence electrons. The van der Waals surface area contributed by atoms with Gasteiger partial charge in [-0.1, -0.05) is 41.4 Å². The third-order valence-corrected chi connectivity index (χ3v) is 6.96. The minimum Gasteiger partial charge on any atom is -0.493 e. The third kappa shape index (κ3) is 5.42. The van der Waals surface area contributed by atoms with E-state index in [1.165, 1.54) is 20.3 Å². The van der Waals surface area contributed by atoms with Crippen LogP contribution in [0.4, 0.5) is 4.39 Å². The fourth-order valence-electron chi connectivity index (χ4n) is 4.43. The van der Waals surface area contributed by atoms with E-state index >= 15 is 0 Å². The predicted octanol–water partition coefficient (Wildman–Crippen LogP) is 5.58. The molecule has 0 saturated carbocycles. The molecule has 1 heterocycles. The van der Waals surface area contributed by atoms with Crippen molar-refractivity contribution < 1.29 is 23.5 Å². The number of hydrogen-bond donors (Lipinski definition) is 1. The van der Waals surface area contributed by atoms with Crippen molar-refractivity contribution in [1.29, 1.82) is 0 Å². The minimum absolute atomic E-state index is 0.0213. The number of likely N-dealkylation sites (tertiary alicyclic amines) is 1. The van der Waals surface area contributed by atoms with Gasteiger partial charge in [0.25, 0.3) is 11.8 Å². The van der Waals surface area contributed by atoms with Gasteiger partial charge in [0.15, 0.2) is 11.5 Å². The molecule has 1 N–H and O–H groups in total. The highest BCUT2D eigenvalue weighted by Gasteiger charge is 2.34. The second-order valence-electron chi connectivity index (χ2n) is 8.45. The molecular weight excluding hydrogens is 506 g/mol. The van der Waals surface area contributed by atoms with E-state index in [0.29, 0.717) is 47.2 Å². The summed E-state index contributed by atoms with van der Waals surface area (Å²) in [6.45, 7) is 0.703. The zero-order valence-electron chi connectivity index (χ0n) is 19.8. The number of halogens is 3. The highest BCUT2D eigenvalue weighted by molar-refractivity contribution is 6.33. The second kappa shape index (κ2) is 11.2. The number of hydrogen-bond acceptors (Lipinski definition) is 4. The van der Waals surface area contributed by atoms with Gasteiger partial charge in [0.1, 0.15) is 5.82 Å². The van der Waals surface area contributed by atoms with Gasteiger partial charge >= 0.3 is 0 Å². The fraction of sp³-hybridized carbons (Fsp3) is 0.259. The van der Waals surface area contributed by atoms with E-state index in [-0.39, 0.29) is 28.8 Å². The van der Waals surface area contributed by atoms with Crippen LogP contribution >= 0.6 is 23.2 Å². The smallest absolute Gasteiger partial charge is 0.254 e. The van der Waals surface area contributed by atoms with Crippen LogP contribution in [0.1, 0.15) is 38.6 Å². The summed E-state index contributed by atoms with van der Waals surface area (Å²) >= 11 is 12.3. The van der Waals surface area contributed by atoms with Crippen molar-refractivity contribution in [2.75, 3.05) is 27.3 Å². The molecule has 1 fully saturated rings. The van der Waals surface area contributed by atoms with E-state index in [9.17, 15) is 14.0 Å². The molecule has 0 aliphatic carbocycles. The van der Waals surface area contributed by atoms with Gasteiger partial charge in [-0.05, 0) is 54.4 Å². The Kier molecular flexibility index (Phi) is 8.01. The molecule has 9 heteroatoms. The largest absolute Gasteiger partial charge is 0.493 e. The maximum absolute atomic E-state index is 13.9. The molecule has 3 aromatic carbocycles. The van der Waals surface area contributed by atoms with Crippen LogP contribution in [0, 0.1) is 5.82 Å². The molecular formula is C27H25Cl2FN2O4. The van der Waals surface area contributed by atoms with Crippen molar-refractivity contribution in [3.63, 3.8) is 0 Å². The molecule has 0 unspecified atom stereocenters. The Balaban J connectivity index is 1.61. The van der Waals surface area contributed by atoms with Crippen LogP contribution in [0.2, 0.25) is 10.0 Å². The Morgan fingerprint density at radius 1 is 0.972 bits per heavy atom. The summed E-state index contributed by atoms with van der Waals surface area (Å²) in [5.41, 5.74) is 1.52. The van der Waals surface area contributed by atoms with Gasteiger partial charge in [0.2, 0.25) is 0 Å². The Labute approximate surface area is 218 Å². The van der Waals surface area contributed by atoms with Crippen LogP contribution in [0.15, 0.2) is 60.7 Å². The molecule has 36 heavy (non-hydrogen) atoms. The second-order valence-corrected chi connectivity index (χ2v) is 9.26. The van der Waals surface area contributed by atoms with Crippen molar-refractivity contribution in [3.8, 4) is 11.5 Å². The first kappa shape index (κ1) is 25.8. The molecule has 0 aromatic heterocycles. The summed E-state index contributed by atoms with van der Waals surface area (Å²) < 4.78 is 24.5. The molecule has 0 bridgehead atoms. The zero-order chi connectivity index (χ0) is 25.8. The summed E-state index contributed by atoms with van der Waals surface area (Å²) in [4.78, 5) is 28.1. The number of piperidine rings is 1. The molecule has 1 saturated heterocycles. The van der Waals surface area contributed by atoms with Gasteiger partial charge in [-0.25, -0.2) is 4.39 Å². The number of nitrogens with one attached hydrogen (secondary N) is 1. The van der Waals surface area contributed by atoms with Crippen molar-refractivity contribution in [2.24, 2.45) is 0 Å². The fourth-order valence-corrected chi connectivity index (χ4v) is 4.84. The number of ether oxygens (including phenoxy) is 2. The number of benzene rings is 3. The van der Waals surface area contributed by atoms with E-state index in [1.807, 2.05) is 0 Å². The van der Waals surface area contributed by atoms with Crippen molar-refractivity contribution >= 4 is 35.0 Å². The summed E-state index contributed by atoms with van der Waals surface area (Å²) in [6, 6.07) is 15.9. The quantitative estimate of drug-likeness (QED) is 0.451. The standard InChI is InChI=1S/C27H25Cl2FN2O4/c1-35-24-10-8-17(14-25(24)36-2)27(34)32-12-11-23(31-26(33)18-5-3-4-6-20(18)28)19(15-32)16-7-9-22(30)21(29)13-16/h3-10,13-14,19,23H,11-12,15H2,1-2H3,(H,31,33)/t19-,23+/m1/s1. The SMILES string of the molecule is COc1ccc(C(=O)N2CC[C@H](NC(=O)c3ccccc3Cl)[C@@H](c3ccc(F)c(Cl)c3)C2)cc1OC. The first-order valence-corrected chi connectivity index (χ1v) is 12.1. The van der Waals surface area contributed by atoms with Gasteiger partial charge in [0.05, 0.1) is 29.8 Å².